The van der Waals surface area contributed by atoms with E-state index in [0.717, 1.165) is 31.2 Å². The van der Waals surface area contributed by atoms with E-state index in [-0.39, 0.29) is 24.0 Å². The second-order valence-electron chi connectivity index (χ2n) is 11.8. The quantitative estimate of drug-likeness (QED) is 0.344. The second-order valence-corrected chi connectivity index (χ2v) is 11.8. The van der Waals surface area contributed by atoms with Gasteiger partial charge in [-0.15, -0.1) is 0 Å². The van der Waals surface area contributed by atoms with Crippen molar-refractivity contribution in [3.8, 4) is 11.1 Å². The van der Waals surface area contributed by atoms with Gasteiger partial charge in [0.15, 0.2) is 0 Å². The van der Waals surface area contributed by atoms with Crippen LogP contribution in [0.1, 0.15) is 50.5 Å². The molecule has 0 unspecified atom stereocenters. The minimum atomic E-state index is -0.279. The molecular weight excluding hydrogens is 572 g/mol. The number of fused-ring (bicyclic) bond motifs is 3. The van der Waals surface area contributed by atoms with Crippen LogP contribution in [0, 0.1) is 0 Å². The molecule has 5 heterocycles. The number of hydrogen-bond acceptors (Lipinski definition) is 7. The maximum absolute atomic E-state index is 13.8. The summed E-state index contributed by atoms with van der Waals surface area (Å²) in [6.45, 7) is 3.06. The molecule has 0 saturated carbocycles. The zero-order chi connectivity index (χ0) is 31.1. The molecule has 45 heavy (non-hydrogen) atoms. The van der Waals surface area contributed by atoms with Gasteiger partial charge < -0.3 is 34.1 Å². The van der Waals surface area contributed by atoms with E-state index in [9.17, 15) is 19.5 Å². The number of aromatic nitrogens is 3. The van der Waals surface area contributed by atoms with Gasteiger partial charge in [-0.1, -0.05) is 12.1 Å². The number of hydrogen-bond donors (Lipinski definition) is 2. The number of carbonyl (C=O) groups is 2. The molecule has 7 rings (SSSR count). The van der Waals surface area contributed by atoms with Crippen molar-refractivity contribution in [1.29, 1.82) is 0 Å². The summed E-state index contributed by atoms with van der Waals surface area (Å²) in [5.74, 6) is 0.252. The Bertz CT molecular complexity index is 1840. The lowest BCUT2D eigenvalue weighted by Gasteiger charge is -2.31. The standard InChI is InChI=1S/C34H36N6O5/c1-37-20-24(17-27(33(37)43)36-31-10-9-23(19-35-31)32(42)38-13-15-45-16-14-38)25-6-4-8-29(26(25)21-41)40-12-11-39-28-7-3-2-5-22(28)18-30(39)34(40)44/h4,6,8-10,17-20,41H,2-3,5,7,11-16,21H2,1H3,(H,35,36). The Kier molecular flexibility index (Phi) is 7.72. The van der Waals surface area contributed by atoms with Crippen molar-refractivity contribution in [2.75, 3.05) is 43.1 Å². The fraction of sp³-hybridized carbons (Fsp3) is 0.353. The number of ether oxygens (including phenoxy) is 1. The van der Waals surface area contributed by atoms with Gasteiger partial charge in [0.25, 0.3) is 17.4 Å². The number of nitrogens with zero attached hydrogens (tertiary/aromatic N) is 5. The van der Waals surface area contributed by atoms with E-state index >= 15 is 0 Å². The van der Waals surface area contributed by atoms with Crippen LogP contribution in [0.4, 0.5) is 17.2 Å². The number of nitrogens with one attached hydrogen (secondary N) is 1. The number of carbonyl (C=O) groups excluding carboxylic acids is 2. The fourth-order valence-electron chi connectivity index (χ4n) is 6.76. The summed E-state index contributed by atoms with van der Waals surface area (Å²) in [7, 11) is 1.67. The zero-order valence-electron chi connectivity index (χ0n) is 25.3. The summed E-state index contributed by atoms with van der Waals surface area (Å²) in [5.41, 5.74) is 6.48. The molecule has 2 N–H and O–H groups in total. The van der Waals surface area contributed by atoms with E-state index in [2.05, 4.69) is 20.9 Å². The van der Waals surface area contributed by atoms with Gasteiger partial charge in [0.05, 0.1) is 31.1 Å². The molecule has 1 saturated heterocycles. The highest BCUT2D eigenvalue weighted by Crippen LogP contribution is 2.35. The SMILES string of the molecule is Cn1cc(-c2cccc(N3CCn4c(cc5c4CCCC5)C3=O)c2CO)cc(Nc2ccc(C(=O)N3CCOCC3)cn2)c1=O. The minimum absolute atomic E-state index is 0.0630. The highest BCUT2D eigenvalue weighted by molar-refractivity contribution is 6.07. The molecule has 232 valence electrons. The molecule has 0 radical (unpaired) electrons. The van der Waals surface area contributed by atoms with E-state index in [1.165, 1.54) is 22.0 Å². The Morgan fingerprint density at radius 3 is 2.62 bits per heavy atom. The highest BCUT2D eigenvalue weighted by atomic mass is 16.5. The Labute approximate surface area is 260 Å². The van der Waals surface area contributed by atoms with Crippen molar-refractivity contribution in [3.05, 3.63) is 93.3 Å². The second kappa shape index (κ2) is 12.0. The largest absolute Gasteiger partial charge is 0.392 e. The number of pyridine rings is 2. The first kappa shape index (κ1) is 29.0. The van der Waals surface area contributed by atoms with Crippen molar-refractivity contribution in [3.63, 3.8) is 0 Å². The number of anilines is 3. The van der Waals surface area contributed by atoms with Gasteiger partial charge in [-0.25, -0.2) is 4.98 Å². The molecule has 11 heteroatoms. The number of amides is 2. The number of morpholine rings is 1. The maximum Gasteiger partial charge on any atom is 0.274 e. The molecule has 3 aliphatic rings. The fourth-order valence-corrected chi connectivity index (χ4v) is 6.76. The van der Waals surface area contributed by atoms with Crippen molar-refractivity contribution in [1.82, 2.24) is 19.0 Å². The van der Waals surface area contributed by atoms with Crippen molar-refractivity contribution < 1.29 is 19.4 Å². The monoisotopic (exact) mass is 608 g/mol. The highest BCUT2D eigenvalue weighted by Gasteiger charge is 2.31. The Morgan fingerprint density at radius 1 is 1.02 bits per heavy atom. The lowest BCUT2D eigenvalue weighted by molar-refractivity contribution is 0.0302. The smallest absolute Gasteiger partial charge is 0.274 e. The Hall–Kier alpha value is -4.74. The van der Waals surface area contributed by atoms with Gasteiger partial charge in [0, 0.05) is 62.4 Å². The number of rotatable bonds is 6. The summed E-state index contributed by atoms with van der Waals surface area (Å²) < 4.78 is 8.99. The molecule has 11 nitrogen and oxygen atoms in total. The number of aryl methyl sites for hydroxylation is 2. The van der Waals surface area contributed by atoms with Crippen LogP contribution in [0.2, 0.25) is 0 Å². The summed E-state index contributed by atoms with van der Waals surface area (Å²) in [6.07, 6.45) is 7.55. The van der Waals surface area contributed by atoms with Crippen molar-refractivity contribution in [2.45, 2.75) is 38.8 Å². The summed E-state index contributed by atoms with van der Waals surface area (Å²) in [4.78, 5) is 47.7. The summed E-state index contributed by atoms with van der Waals surface area (Å²) >= 11 is 0. The van der Waals surface area contributed by atoms with E-state index < -0.39 is 0 Å². The van der Waals surface area contributed by atoms with Crippen LogP contribution >= 0.6 is 0 Å². The molecule has 1 aliphatic carbocycles. The maximum atomic E-state index is 13.8. The number of aliphatic hydroxyl groups excluding tert-OH is 1. The first-order valence-corrected chi connectivity index (χ1v) is 15.5. The molecule has 3 aromatic heterocycles. The van der Waals surface area contributed by atoms with Crippen LogP contribution in [0.3, 0.4) is 0 Å². The van der Waals surface area contributed by atoms with Crippen LogP contribution in [0.15, 0.2) is 59.7 Å². The molecule has 0 spiro atoms. The number of aliphatic hydroxyl groups is 1. The van der Waals surface area contributed by atoms with Crippen molar-refractivity contribution in [2.24, 2.45) is 7.05 Å². The topological polar surface area (TPSA) is 122 Å². The van der Waals surface area contributed by atoms with E-state index in [0.29, 0.717) is 79.0 Å². The lowest BCUT2D eigenvalue weighted by Crippen LogP contribution is -2.41. The third kappa shape index (κ3) is 5.32. The van der Waals surface area contributed by atoms with E-state index in [1.54, 1.807) is 41.2 Å². The summed E-state index contributed by atoms with van der Waals surface area (Å²) in [5, 5.41) is 13.7. The lowest BCUT2D eigenvalue weighted by atomic mass is 9.98. The van der Waals surface area contributed by atoms with E-state index in [4.69, 9.17) is 4.74 Å². The van der Waals surface area contributed by atoms with E-state index in [1.807, 2.05) is 18.2 Å². The average Bonchev–Trinajstić information content (AvgIpc) is 3.47. The summed E-state index contributed by atoms with van der Waals surface area (Å²) in [6, 6.07) is 12.8. The number of benzene rings is 1. The van der Waals surface area contributed by atoms with Crippen LogP contribution in [-0.4, -0.2) is 68.8 Å². The normalized spacial score (nSPS) is 16.4. The molecule has 0 bridgehead atoms. The van der Waals surface area contributed by atoms with Crippen molar-refractivity contribution >= 4 is 29.0 Å². The molecule has 2 aliphatic heterocycles. The predicted octanol–water partition coefficient (Wildman–Crippen LogP) is 3.50. The van der Waals surface area contributed by atoms with Gasteiger partial charge in [-0.05, 0) is 67.1 Å². The van der Waals surface area contributed by atoms with Crippen LogP contribution < -0.4 is 15.8 Å². The minimum Gasteiger partial charge on any atom is -0.392 e. The Balaban J connectivity index is 1.17. The van der Waals surface area contributed by atoms with Gasteiger partial charge in [0.2, 0.25) is 0 Å². The van der Waals surface area contributed by atoms with Crippen LogP contribution in [-0.2, 0) is 37.8 Å². The Morgan fingerprint density at radius 2 is 1.84 bits per heavy atom. The third-order valence-corrected chi connectivity index (χ3v) is 9.09. The first-order valence-electron chi connectivity index (χ1n) is 15.5. The molecular formula is C34H36N6O5. The molecule has 0 atom stereocenters. The van der Waals surface area contributed by atoms with Gasteiger partial charge in [0.1, 0.15) is 17.2 Å². The van der Waals surface area contributed by atoms with Crippen LogP contribution in [0.25, 0.3) is 11.1 Å². The average molecular weight is 609 g/mol. The molecule has 4 aromatic rings. The van der Waals surface area contributed by atoms with Crippen LogP contribution in [0.5, 0.6) is 0 Å². The first-order chi connectivity index (χ1) is 21.9. The van der Waals surface area contributed by atoms with Gasteiger partial charge in [-0.3, -0.25) is 14.4 Å². The van der Waals surface area contributed by atoms with Gasteiger partial charge >= 0.3 is 0 Å². The predicted molar refractivity (Wildman–Crippen MR) is 170 cm³/mol. The molecule has 2 amide bonds. The third-order valence-electron chi connectivity index (χ3n) is 9.09. The zero-order valence-corrected chi connectivity index (χ0v) is 25.3. The molecule has 1 aromatic carbocycles. The van der Waals surface area contributed by atoms with Gasteiger partial charge in [-0.2, -0.15) is 0 Å². The molecule has 1 fully saturated rings.